The molecule has 0 radical (unpaired) electrons. The first kappa shape index (κ1) is 11.0. The molecule has 0 aromatic heterocycles. The van der Waals surface area contributed by atoms with Gasteiger partial charge in [0.15, 0.2) is 0 Å². The Kier molecular flexibility index (Phi) is 3.18. The molecule has 2 aliphatic carbocycles. The Morgan fingerprint density at radius 2 is 1.94 bits per heavy atom. The summed E-state index contributed by atoms with van der Waals surface area (Å²) in [5, 5.41) is 0. The topological polar surface area (TPSA) is 38.5 Å². The fourth-order valence-corrected chi connectivity index (χ4v) is 3.91. The second kappa shape index (κ2) is 4.63. The zero-order valence-electron chi connectivity index (χ0n) is 10.1. The predicted molar refractivity (Wildman–Crippen MR) is 64.3 cm³/mol. The maximum Gasteiger partial charge on any atom is 0.0731 e. The lowest BCUT2D eigenvalue weighted by Crippen LogP contribution is -2.55. The van der Waals surface area contributed by atoms with Crippen LogP contribution in [0.25, 0.3) is 0 Å². The second-order valence-electron chi connectivity index (χ2n) is 5.73. The largest absolute Gasteiger partial charge is 0.375 e. The summed E-state index contributed by atoms with van der Waals surface area (Å²) in [6.07, 6.45) is 9.63. The molecule has 0 aromatic rings. The Morgan fingerprint density at radius 3 is 2.81 bits per heavy atom. The average molecular weight is 224 g/mol. The molecule has 2 N–H and O–H groups in total. The van der Waals surface area contributed by atoms with E-state index < -0.39 is 0 Å². The van der Waals surface area contributed by atoms with Crippen LogP contribution in [-0.2, 0) is 4.74 Å². The van der Waals surface area contributed by atoms with E-state index in [0.717, 1.165) is 19.2 Å². The summed E-state index contributed by atoms with van der Waals surface area (Å²) < 4.78 is 5.88. The van der Waals surface area contributed by atoms with Gasteiger partial charge in [-0.05, 0) is 38.5 Å². The van der Waals surface area contributed by atoms with Crippen LogP contribution in [0.4, 0.5) is 0 Å². The minimum Gasteiger partial charge on any atom is -0.375 e. The van der Waals surface area contributed by atoms with E-state index in [2.05, 4.69) is 4.90 Å². The third-order valence-corrected chi connectivity index (χ3v) is 4.68. The lowest BCUT2D eigenvalue weighted by molar-refractivity contribution is -0.0773. The highest BCUT2D eigenvalue weighted by atomic mass is 16.5. The van der Waals surface area contributed by atoms with Crippen LogP contribution in [0.3, 0.4) is 0 Å². The van der Waals surface area contributed by atoms with Gasteiger partial charge >= 0.3 is 0 Å². The van der Waals surface area contributed by atoms with Crippen molar-refractivity contribution in [3.63, 3.8) is 0 Å². The molecule has 0 amide bonds. The van der Waals surface area contributed by atoms with Crippen LogP contribution >= 0.6 is 0 Å². The molecule has 3 heteroatoms. The molecular weight excluding hydrogens is 200 g/mol. The zero-order valence-corrected chi connectivity index (χ0v) is 10.1. The first-order valence-corrected chi connectivity index (χ1v) is 6.97. The van der Waals surface area contributed by atoms with E-state index in [1.165, 1.54) is 44.9 Å². The highest BCUT2D eigenvalue weighted by Crippen LogP contribution is 2.34. The first-order valence-electron chi connectivity index (χ1n) is 6.97. The van der Waals surface area contributed by atoms with Crippen LogP contribution in [0.1, 0.15) is 44.9 Å². The molecule has 3 rings (SSSR count). The lowest BCUT2D eigenvalue weighted by Gasteiger charge is -2.45. The maximum absolute atomic E-state index is 6.11. The van der Waals surface area contributed by atoms with E-state index in [0.29, 0.717) is 18.2 Å². The highest BCUT2D eigenvalue weighted by molar-refractivity contribution is 4.94. The van der Waals surface area contributed by atoms with Crippen molar-refractivity contribution in [1.29, 1.82) is 0 Å². The number of rotatable bonds is 1. The van der Waals surface area contributed by atoms with Crippen molar-refractivity contribution in [2.45, 2.75) is 69.2 Å². The average Bonchev–Trinajstić information content (AvgIpc) is 2.76. The van der Waals surface area contributed by atoms with Gasteiger partial charge in [-0.15, -0.1) is 0 Å². The van der Waals surface area contributed by atoms with Crippen molar-refractivity contribution in [3.8, 4) is 0 Å². The summed E-state index contributed by atoms with van der Waals surface area (Å²) >= 11 is 0. The van der Waals surface area contributed by atoms with Crippen molar-refractivity contribution >= 4 is 0 Å². The van der Waals surface area contributed by atoms with Gasteiger partial charge < -0.3 is 10.5 Å². The maximum atomic E-state index is 6.11. The summed E-state index contributed by atoms with van der Waals surface area (Å²) in [6.45, 7) is 2.07. The molecule has 0 spiro atoms. The van der Waals surface area contributed by atoms with Gasteiger partial charge in [0.1, 0.15) is 0 Å². The van der Waals surface area contributed by atoms with Crippen molar-refractivity contribution in [3.05, 3.63) is 0 Å². The van der Waals surface area contributed by atoms with E-state index in [1.54, 1.807) is 0 Å². The molecule has 4 unspecified atom stereocenters. The fourth-order valence-electron chi connectivity index (χ4n) is 3.91. The molecule has 1 aliphatic heterocycles. The van der Waals surface area contributed by atoms with E-state index in [-0.39, 0.29) is 0 Å². The van der Waals surface area contributed by atoms with Gasteiger partial charge in [0.05, 0.1) is 12.7 Å². The molecule has 1 saturated heterocycles. The Bertz CT molecular complexity index is 246. The van der Waals surface area contributed by atoms with Crippen LogP contribution in [0.5, 0.6) is 0 Å². The number of ether oxygens (including phenoxy) is 1. The summed E-state index contributed by atoms with van der Waals surface area (Å²) in [6, 6.07) is 1.91. The Balaban J connectivity index is 1.67. The number of fused-ring (bicyclic) bond motifs is 1. The molecule has 3 nitrogen and oxygen atoms in total. The van der Waals surface area contributed by atoms with E-state index in [9.17, 15) is 0 Å². The summed E-state index contributed by atoms with van der Waals surface area (Å²) in [4.78, 5) is 2.74. The molecular formula is C13H24N2O. The SMILES string of the molecule is NC1CCCC(N2CCOC3CCCC32)C1. The van der Waals surface area contributed by atoms with Crippen LogP contribution in [0.15, 0.2) is 0 Å². The molecule has 0 aromatic carbocycles. The van der Waals surface area contributed by atoms with Gasteiger partial charge in [-0.3, -0.25) is 4.90 Å². The summed E-state index contributed by atoms with van der Waals surface area (Å²) in [5.41, 5.74) is 6.11. The number of hydrogen-bond donors (Lipinski definition) is 1. The van der Waals surface area contributed by atoms with Crippen molar-refractivity contribution in [2.75, 3.05) is 13.2 Å². The minimum absolute atomic E-state index is 0.446. The monoisotopic (exact) mass is 224 g/mol. The van der Waals surface area contributed by atoms with Gasteiger partial charge in [0.25, 0.3) is 0 Å². The zero-order chi connectivity index (χ0) is 11.0. The predicted octanol–water partition coefficient (Wildman–Crippen LogP) is 1.51. The Hall–Kier alpha value is -0.120. The van der Waals surface area contributed by atoms with Gasteiger partial charge in [-0.1, -0.05) is 6.42 Å². The normalized spacial score (nSPS) is 45.6. The number of morpholine rings is 1. The molecule has 4 atom stereocenters. The van der Waals surface area contributed by atoms with Crippen LogP contribution in [-0.4, -0.2) is 42.3 Å². The fraction of sp³-hybridized carbons (Fsp3) is 1.00. The lowest BCUT2D eigenvalue weighted by atomic mass is 9.89. The van der Waals surface area contributed by atoms with Gasteiger partial charge in [0.2, 0.25) is 0 Å². The summed E-state index contributed by atoms with van der Waals surface area (Å²) in [5.74, 6) is 0. The molecule has 3 aliphatic rings. The number of nitrogens with zero attached hydrogens (tertiary/aromatic N) is 1. The third-order valence-electron chi connectivity index (χ3n) is 4.68. The molecule has 3 fully saturated rings. The van der Waals surface area contributed by atoms with Crippen LogP contribution in [0, 0.1) is 0 Å². The van der Waals surface area contributed by atoms with Crippen molar-refractivity contribution in [1.82, 2.24) is 4.90 Å². The Labute approximate surface area is 98.3 Å². The minimum atomic E-state index is 0.446. The molecule has 0 bridgehead atoms. The Morgan fingerprint density at radius 1 is 1.06 bits per heavy atom. The highest BCUT2D eigenvalue weighted by Gasteiger charge is 2.39. The van der Waals surface area contributed by atoms with Crippen molar-refractivity contribution in [2.24, 2.45) is 5.73 Å². The molecule has 1 heterocycles. The first-order chi connectivity index (χ1) is 7.84. The molecule has 16 heavy (non-hydrogen) atoms. The van der Waals surface area contributed by atoms with Gasteiger partial charge in [0, 0.05) is 24.7 Å². The molecule has 92 valence electrons. The quantitative estimate of drug-likeness (QED) is 0.734. The van der Waals surface area contributed by atoms with E-state index >= 15 is 0 Å². The number of hydrogen-bond acceptors (Lipinski definition) is 3. The smallest absolute Gasteiger partial charge is 0.0731 e. The summed E-state index contributed by atoms with van der Waals surface area (Å²) in [7, 11) is 0. The van der Waals surface area contributed by atoms with Gasteiger partial charge in [-0.2, -0.15) is 0 Å². The second-order valence-corrected chi connectivity index (χ2v) is 5.73. The third kappa shape index (κ3) is 2.01. The van der Waals surface area contributed by atoms with Crippen molar-refractivity contribution < 1.29 is 4.74 Å². The molecule has 2 saturated carbocycles. The van der Waals surface area contributed by atoms with E-state index in [1.807, 2.05) is 0 Å². The number of nitrogens with two attached hydrogens (primary N) is 1. The van der Waals surface area contributed by atoms with Crippen LogP contribution in [0.2, 0.25) is 0 Å². The standard InChI is InChI=1S/C13H24N2O/c14-10-3-1-4-11(9-10)15-7-8-16-13-6-2-5-12(13)15/h10-13H,1-9,14H2. The van der Waals surface area contributed by atoms with E-state index in [4.69, 9.17) is 10.5 Å². The van der Waals surface area contributed by atoms with Crippen LogP contribution < -0.4 is 5.73 Å². The van der Waals surface area contributed by atoms with Gasteiger partial charge in [-0.25, -0.2) is 0 Å².